The van der Waals surface area contributed by atoms with Crippen LogP contribution in [0, 0.1) is 0 Å². The molecule has 0 aliphatic carbocycles. The number of nitrogens with one attached hydrogen (secondary N) is 2. The molecule has 0 amide bonds. The molecule has 0 saturated carbocycles. The van der Waals surface area contributed by atoms with Crippen LogP contribution in [-0.4, -0.2) is 41.2 Å². The molecule has 0 saturated heterocycles. The number of H-pyrrole nitrogens is 1. The SMILES string of the molecule is Nc1nc(NC2CCN(S(=O)(=O)c3ccsc3)c3ccccc3C2)c2cn[nH]c2n1. The van der Waals surface area contributed by atoms with E-state index >= 15 is 0 Å². The molecule has 154 valence electrons. The van der Waals surface area contributed by atoms with Crippen molar-refractivity contribution in [2.24, 2.45) is 0 Å². The van der Waals surface area contributed by atoms with Gasteiger partial charge in [0.05, 0.1) is 22.2 Å². The van der Waals surface area contributed by atoms with Crippen LogP contribution in [0.5, 0.6) is 0 Å². The number of benzene rings is 1. The van der Waals surface area contributed by atoms with Gasteiger partial charge in [-0.3, -0.25) is 9.40 Å². The molecule has 30 heavy (non-hydrogen) atoms. The summed E-state index contributed by atoms with van der Waals surface area (Å²) in [5.74, 6) is 0.729. The second-order valence-corrected chi connectivity index (χ2v) is 9.70. The molecule has 4 aromatic rings. The van der Waals surface area contributed by atoms with E-state index in [1.807, 2.05) is 24.3 Å². The summed E-state index contributed by atoms with van der Waals surface area (Å²) in [6, 6.07) is 9.21. The molecule has 0 bridgehead atoms. The lowest BCUT2D eigenvalue weighted by Gasteiger charge is -2.24. The van der Waals surface area contributed by atoms with E-state index in [1.54, 1.807) is 23.0 Å². The van der Waals surface area contributed by atoms with Gasteiger partial charge in [0, 0.05) is 18.0 Å². The van der Waals surface area contributed by atoms with Crippen LogP contribution in [0.3, 0.4) is 0 Å². The molecule has 5 rings (SSSR count). The van der Waals surface area contributed by atoms with Gasteiger partial charge in [0.2, 0.25) is 5.95 Å². The fourth-order valence-electron chi connectivity index (χ4n) is 3.74. The van der Waals surface area contributed by atoms with E-state index in [9.17, 15) is 8.42 Å². The monoisotopic (exact) mass is 441 g/mol. The van der Waals surface area contributed by atoms with Gasteiger partial charge in [-0.15, -0.1) is 0 Å². The first-order chi connectivity index (χ1) is 14.5. The molecule has 1 aliphatic heterocycles. The highest BCUT2D eigenvalue weighted by Crippen LogP contribution is 2.33. The van der Waals surface area contributed by atoms with Crippen LogP contribution < -0.4 is 15.4 Å². The van der Waals surface area contributed by atoms with Gasteiger partial charge in [0.15, 0.2) is 5.65 Å². The van der Waals surface area contributed by atoms with Gasteiger partial charge in [-0.1, -0.05) is 18.2 Å². The van der Waals surface area contributed by atoms with Gasteiger partial charge in [-0.2, -0.15) is 26.4 Å². The summed E-state index contributed by atoms with van der Waals surface area (Å²) >= 11 is 1.37. The van der Waals surface area contributed by atoms with Crippen molar-refractivity contribution in [1.29, 1.82) is 0 Å². The number of sulfonamides is 1. The molecule has 4 N–H and O–H groups in total. The predicted octanol–water partition coefficient (Wildman–Crippen LogP) is 2.62. The average molecular weight is 442 g/mol. The van der Waals surface area contributed by atoms with Crippen LogP contribution >= 0.6 is 11.3 Å². The Morgan fingerprint density at radius 1 is 1.23 bits per heavy atom. The molecular weight excluding hydrogens is 422 g/mol. The molecule has 1 atom stereocenters. The van der Waals surface area contributed by atoms with Crippen LogP contribution in [0.4, 0.5) is 17.5 Å². The zero-order chi connectivity index (χ0) is 20.7. The minimum atomic E-state index is -3.63. The van der Waals surface area contributed by atoms with Crippen LogP contribution in [0.15, 0.2) is 52.2 Å². The Balaban J connectivity index is 1.50. The highest BCUT2D eigenvalue weighted by molar-refractivity contribution is 7.93. The zero-order valence-corrected chi connectivity index (χ0v) is 17.4. The van der Waals surface area contributed by atoms with E-state index < -0.39 is 10.0 Å². The van der Waals surface area contributed by atoms with Crippen LogP contribution in [0.25, 0.3) is 11.0 Å². The summed E-state index contributed by atoms with van der Waals surface area (Å²) in [5, 5.41) is 14.4. The van der Waals surface area contributed by atoms with Crippen LogP contribution in [0.2, 0.25) is 0 Å². The largest absolute Gasteiger partial charge is 0.368 e. The van der Waals surface area contributed by atoms with Crippen molar-refractivity contribution < 1.29 is 8.42 Å². The van der Waals surface area contributed by atoms with Crippen molar-refractivity contribution in [3.05, 3.63) is 52.9 Å². The van der Waals surface area contributed by atoms with Gasteiger partial charge in [0.25, 0.3) is 10.0 Å². The zero-order valence-electron chi connectivity index (χ0n) is 15.8. The maximum Gasteiger partial charge on any atom is 0.265 e. The molecule has 1 aromatic carbocycles. The fraction of sp³-hybridized carbons (Fsp3) is 0.211. The van der Waals surface area contributed by atoms with E-state index in [2.05, 4.69) is 25.5 Å². The molecule has 1 aliphatic rings. The van der Waals surface area contributed by atoms with Crippen molar-refractivity contribution in [2.75, 3.05) is 21.9 Å². The lowest BCUT2D eigenvalue weighted by molar-refractivity contribution is 0.587. The molecular formula is C19H19N7O2S2. The molecule has 0 radical (unpaired) electrons. The number of aromatic amines is 1. The number of aromatic nitrogens is 4. The third-order valence-corrected chi connectivity index (χ3v) is 7.80. The minimum absolute atomic E-state index is 0.0405. The van der Waals surface area contributed by atoms with Crippen LogP contribution in [0.1, 0.15) is 12.0 Å². The van der Waals surface area contributed by atoms with Gasteiger partial charge in [0.1, 0.15) is 5.82 Å². The lowest BCUT2D eigenvalue weighted by atomic mass is 10.0. The summed E-state index contributed by atoms with van der Waals surface area (Å²) in [4.78, 5) is 8.78. The Hall–Kier alpha value is -3.18. The Kier molecular flexibility index (Phi) is 4.55. The van der Waals surface area contributed by atoms with E-state index in [-0.39, 0.29) is 12.0 Å². The van der Waals surface area contributed by atoms with Crippen LogP contribution in [-0.2, 0) is 16.4 Å². The number of nitrogen functional groups attached to an aromatic ring is 1. The molecule has 3 aromatic heterocycles. The summed E-state index contributed by atoms with van der Waals surface area (Å²) in [7, 11) is -3.63. The fourth-order valence-corrected chi connectivity index (χ4v) is 6.28. The maximum absolute atomic E-state index is 13.3. The van der Waals surface area contributed by atoms with Gasteiger partial charge < -0.3 is 11.1 Å². The number of hydrogen-bond acceptors (Lipinski definition) is 8. The number of nitrogens with two attached hydrogens (primary N) is 1. The Labute approximate surface area is 177 Å². The summed E-state index contributed by atoms with van der Waals surface area (Å²) in [6.45, 7) is 0.349. The van der Waals surface area contributed by atoms with E-state index in [0.717, 1.165) is 10.9 Å². The third kappa shape index (κ3) is 3.25. The van der Waals surface area contributed by atoms with E-state index in [1.165, 1.54) is 15.6 Å². The highest BCUT2D eigenvalue weighted by atomic mass is 32.2. The predicted molar refractivity (Wildman–Crippen MR) is 117 cm³/mol. The van der Waals surface area contributed by atoms with Crippen molar-refractivity contribution in [2.45, 2.75) is 23.8 Å². The van der Waals surface area contributed by atoms with Crippen molar-refractivity contribution >= 4 is 49.8 Å². The molecule has 0 spiro atoms. The first-order valence-corrected chi connectivity index (χ1v) is 11.8. The average Bonchev–Trinajstić information content (AvgIpc) is 3.38. The third-order valence-electron chi connectivity index (χ3n) is 5.16. The maximum atomic E-state index is 13.3. The van der Waals surface area contributed by atoms with Crippen molar-refractivity contribution in [1.82, 2.24) is 20.2 Å². The Morgan fingerprint density at radius 3 is 2.93 bits per heavy atom. The second kappa shape index (κ2) is 7.26. The smallest absolute Gasteiger partial charge is 0.265 e. The van der Waals surface area contributed by atoms with Crippen molar-refractivity contribution in [3.8, 4) is 0 Å². The van der Waals surface area contributed by atoms with E-state index in [0.29, 0.717) is 41.4 Å². The number of para-hydroxylation sites is 1. The second-order valence-electron chi connectivity index (χ2n) is 7.06. The number of thiophene rings is 1. The first kappa shape index (κ1) is 18.8. The van der Waals surface area contributed by atoms with Gasteiger partial charge in [-0.25, -0.2) is 8.42 Å². The lowest BCUT2D eigenvalue weighted by Crippen LogP contribution is -2.33. The van der Waals surface area contributed by atoms with Gasteiger partial charge >= 0.3 is 0 Å². The standard InChI is InChI=1S/C19H19N7O2S2/c20-19-23-17(15-10-21-25-18(15)24-19)22-13-5-7-26(16-4-2-1-3-12(16)9-13)30(27,28)14-6-8-29-11-14/h1-4,6,8,10-11,13H,5,7,9H2,(H4,20,21,22,23,24,25). The number of hydrogen-bond donors (Lipinski definition) is 3. The summed E-state index contributed by atoms with van der Waals surface area (Å²) in [6.07, 6.45) is 2.89. The quantitative estimate of drug-likeness (QED) is 0.444. The topological polar surface area (TPSA) is 130 Å². The first-order valence-electron chi connectivity index (χ1n) is 9.38. The summed E-state index contributed by atoms with van der Waals surface area (Å²) < 4.78 is 28.1. The Morgan fingerprint density at radius 2 is 2.10 bits per heavy atom. The number of fused-ring (bicyclic) bond motifs is 2. The molecule has 4 heterocycles. The van der Waals surface area contributed by atoms with E-state index in [4.69, 9.17) is 5.73 Å². The van der Waals surface area contributed by atoms with Crippen molar-refractivity contribution in [3.63, 3.8) is 0 Å². The molecule has 11 heteroatoms. The Bertz CT molecular complexity index is 1300. The minimum Gasteiger partial charge on any atom is -0.368 e. The number of anilines is 3. The highest BCUT2D eigenvalue weighted by Gasteiger charge is 2.31. The molecule has 0 fully saturated rings. The number of nitrogens with zero attached hydrogens (tertiary/aromatic N) is 4. The molecule has 9 nitrogen and oxygen atoms in total. The number of rotatable bonds is 4. The van der Waals surface area contributed by atoms with Gasteiger partial charge in [-0.05, 0) is 35.9 Å². The molecule has 1 unspecified atom stereocenters. The summed E-state index contributed by atoms with van der Waals surface area (Å²) in [5.41, 5.74) is 8.06. The normalized spacial score (nSPS) is 16.9.